The molecular formula is C30H29Cl2N3O3. The predicted octanol–water partition coefficient (Wildman–Crippen LogP) is 5.74. The second kappa shape index (κ2) is 11.2. The van der Waals surface area contributed by atoms with E-state index >= 15 is 0 Å². The molecular weight excluding hydrogens is 521 g/mol. The highest BCUT2D eigenvalue weighted by atomic mass is 35.5. The number of aromatic amines is 1. The molecule has 3 unspecified atom stereocenters. The molecule has 0 fully saturated rings. The van der Waals surface area contributed by atoms with Gasteiger partial charge in [0.25, 0.3) is 5.91 Å². The number of aryl methyl sites for hydroxylation is 1. The number of carbonyl (C=O) groups is 2. The summed E-state index contributed by atoms with van der Waals surface area (Å²) < 4.78 is 0. The van der Waals surface area contributed by atoms with Gasteiger partial charge in [0.05, 0.1) is 18.0 Å². The van der Waals surface area contributed by atoms with Crippen LogP contribution >= 0.6 is 23.2 Å². The van der Waals surface area contributed by atoms with Crippen molar-refractivity contribution in [3.05, 3.63) is 115 Å². The van der Waals surface area contributed by atoms with Gasteiger partial charge in [0.2, 0.25) is 11.5 Å². The van der Waals surface area contributed by atoms with Crippen LogP contribution < -0.4 is 10.9 Å². The van der Waals surface area contributed by atoms with Gasteiger partial charge in [0, 0.05) is 33.9 Å². The van der Waals surface area contributed by atoms with Gasteiger partial charge in [-0.15, -0.1) is 0 Å². The zero-order valence-electron chi connectivity index (χ0n) is 21.0. The van der Waals surface area contributed by atoms with Gasteiger partial charge in [-0.05, 0) is 73.6 Å². The number of nitrogens with zero attached hydrogens (tertiary/aromatic N) is 1. The molecule has 2 heterocycles. The summed E-state index contributed by atoms with van der Waals surface area (Å²) in [6.07, 6.45) is 7.40. The van der Waals surface area contributed by atoms with Crippen LogP contribution in [0.15, 0.2) is 71.5 Å². The van der Waals surface area contributed by atoms with E-state index in [4.69, 9.17) is 23.2 Å². The number of benzene rings is 2. The number of hydrogen-bond acceptors (Lipinski definition) is 3. The molecule has 0 bridgehead atoms. The van der Waals surface area contributed by atoms with Crippen LogP contribution in [0.4, 0.5) is 0 Å². The third kappa shape index (κ3) is 5.29. The van der Waals surface area contributed by atoms with Gasteiger partial charge in [-0.3, -0.25) is 14.4 Å². The Hall–Kier alpha value is -3.35. The largest absolute Gasteiger partial charge is 0.355 e. The average Bonchev–Trinajstić information content (AvgIpc) is 2.88. The summed E-state index contributed by atoms with van der Waals surface area (Å²) >= 11 is 12.9. The number of nitrogens with one attached hydrogen (secondary N) is 2. The maximum Gasteiger partial charge on any atom is 0.255 e. The average molecular weight is 550 g/mol. The molecule has 3 aromatic rings. The maximum absolute atomic E-state index is 14.0. The number of allylic oxidation sites excluding steroid dienone is 1. The minimum Gasteiger partial charge on any atom is -0.355 e. The highest BCUT2D eigenvalue weighted by Crippen LogP contribution is 2.47. The molecule has 2 aromatic carbocycles. The third-order valence-electron chi connectivity index (χ3n) is 7.28. The van der Waals surface area contributed by atoms with Crippen LogP contribution in [0.2, 0.25) is 10.0 Å². The second-order valence-corrected chi connectivity index (χ2v) is 10.7. The Labute approximate surface area is 231 Å². The lowest BCUT2D eigenvalue weighted by Crippen LogP contribution is -2.51. The quantitative estimate of drug-likeness (QED) is 0.384. The molecule has 196 valence electrons. The Morgan fingerprint density at radius 3 is 2.63 bits per heavy atom. The van der Waals surface area contributed by atoms with Crippen molar-refractivity contribution in [1.82, 2.24) is 15.2 Å². The first kappa shape index (κ1) is 26.3. The van der Waals surface area contributed by atoms with E-state index in [0.717, 1.165) is 30.5 Å². The Morgan fingerprint density at radius 1 is 1.08 bits per heavy atom. The van der Waals surface area contributed by atoms with Crippen LogP contribution in [0.5, 0.6) is 0 Å². The summed E-state index contributed by atoms with van der Waals surface area (Å²) in [6, 6.07) is 15.2. The molecule has 1 aliphatic heterocycles. The lowest BCUT2D eigenvalue weighted by atomic mass is 9.77. The van der Waals surface area contributed by atoms with Gasteiger partial charge in [-0.25, -0.2) is 0 Å². The Morgan fingerprint density at radius 2 is 1.89 bits per heavy atom. The van der Waals surface area contributed by atoms with Gasteiger partial charge in [-0.2, -0.15) is 0 Å². The van der Waals surface area contributed by atoms with Crippen molar-refractivity contribution in [2.24, 2.45) is 0 Å². The molecule has 3 atom stereocenters. The summed E-state index contributed by atoms with van der Waals surface area (Å²) in [7, 11) is 0. The van der Waals surface area contributed by atoms with Gasteiger partial charge in [0.15, 0.2) is 0 Å². The summed E-state index contributed by atoms with van der Waals surface area (Å²) in [5.41, 5.74) is 3.33. The van der Waals surface area contributed by atoms with Gasteiger partial charge in [-0.1, -0.05) is 59.6 Å². The van der Waals surface area contributed by atoms with E-state index in [1.54, 1.807) is 24.3 Å². The number of carbonyl (C=O) groups excluding carboxylic acids is 2. The molecule has 8 heteroatoms. The number of halogens is 2. The molecule has 0 spiro atoms. The fourth-order valence-electron chi connectivity index (χ4n) is 5.64. The van der Waals surface area contributed by atoms with E-state index in [9.17, 15) is 14.4 Å². The number of H-pyrrole nitrogens is 1. The van der Waals surface area contributed by atoms with Crippen LogP contribution in [-0.4, -0.2) is 34.3 Å². The fraction of sp³-hybridized carbons (Fsp3) is 0.300. The van der Waals surface area contributed by atoms with Crippen molar-refractivity contribution in [3.63, 3.8) is 0 Å². The monoisotopic (exact) mass is 549 g/mol. The molecule has 0 radical (unpaired) electrons. The highest BCUT2D eigenvalue weighted by molar-refractivity contribution is 6.35. The van der Waals surface area contributed by atoms with Crippen molar-refractivity contribution in [3.8, 4) is 0 Å². The predicted molar refractivity (Wildman–Crippen MR) is 150 cm³/mol. The van der Waals surface area contributed by atoms with Gasteiger partial charge in [0.1, 0.15) is 0 Å². The highest BCUT2D eigenvalue weighted by Gasteiger charge is 2.46. The van der Waals surface area contributed by atoms with E-state index in [1.165, 1.54) is 0 Å². The second-order valence-electron chi connectivity index (χ2n) is 9.89. The van der Waals surface area contributed by atoms with Crippen LogP contribution in [-0.2, 0) is 11.2 Å². The molecule has 6 nitrogen and oxygen atoms in total. The molecule has 5 rings (SSSR count). The SMILES string of the molecule is Cc1cc(CCNC(=O)C2c3ccccc3C(=O)N(C3C=CCCC3)C2c2ccc(Cl)cc2Cl)cc(=O)[nH]1. The molecule has 2 N–H and O–H groups in total. The zero-order valence-corrected chi connectivity index (χ0v) is 22.6. The minimum atomic E-state index is -0.682. The van der Waals surface area contributed by atoms with E-state index in [0.29, 0.717) is 39.7 Å². The Balaban J connectivity index is 1.55. The number of aromatic nitrogens is 1. The Bertz CT molecular complexity index is 1470. The van der Waals surface area contributed by atoms with Gasteiger partial charge < -0.3 is 15.2 Å². The number of amides is 2. The van der Waals surface area contributed by atoms with Crippen LogP contribution in [0.25, 0.3) is 0 Å². The molecule has 2 aliphatic rings. The summed E-state index contributed by atoms with van der Waals surface area (Å²) in [4.78, 5) is 44.4. The molecule has 0 saturated carbocycles. The molecule has 2 amide bonds. The van der Waals surface area contributed by atoms with Crippen molar-refractivity contribution in [2.45, 2.75) is 50.6 Å². The number of fused-ring (bicyclic) bond motifs is 1. The van der Waals surface area contributed by atoms with E-state index < -0.39 is 12.0 Å². The lowest BCUT2D eigenvalue weighted by molar-refractivity contribution is -0.124. The number of pyridine rings is 1. The van der Waals surface area contributed by atoms with Crippen molar-refractivity contribution < 1.29 is 9.59 Å². The molecule has 38 heavy (non-hydrogen) atoms. The first-order valence-corrected chi connectivity index (χ1v) is 13.6. The number of rotatable bonds is 6. The fourth-order valence-corrected chi connectivity index (χ4v) is 6.16. The zero-order chi connectivity index (χ0) is 26.8. The number of hydrogen-bond donors (Lipinski definition) is 2. The van der Waals surface area contributed by atoms with Crippen LogP contribution in [0, 0.1) is 6.92 Å². The first-order chi connectivity index (χ1) is 18.3. The van der Waals surface area contributed by atoms with Gasteiger partial charge >= 0.3 is 0 Å². The van der Waals surface area contributed by atoms with Crippen molar-refractivity contribution >= 4 is 35.0 Å². The van der Waals surface area contributed by atoms with E-state index in [1.807, 2.05) is 42.2 Å². The van der Waals surface area contributed by atoms with E-state index in [-0.39, 0.29) is 23.4 Å². The van der Waals surface area contributed by atoms with Crippen molar-refractivity contribution in [2.75, 3.05) is 6.54 Å². The van der Waals surface area contributed by atoms with Crippen LogP contribution in [0.1, 0.15) is 64.0 Å². The van der Waals surface area contributed by atoms with Crippen LogP contribution in [0.3, 0.4) is 0 Å². The summed E-state index contributed by atoms with van der Waals surface area (Å²) in [6.45, 7) is 2.17. The summed E-state index contributed by atoms with van der Waals surface area (Å²) in [5, 5.41) is 3.97. The Kier molecular flexibility index (Phi) is 7.73. The molecule has 0 saturated heterocycles. The third-order valence-corrected chi connectivity index (χ3v) is 7.84. The lowest BCUT2D eigenvalue weighted by Gasteiger charge is -2.45. The normalized spacial score (nSPS) is 20.8. The maximum atomic E-state index is 14.0. The smallest absolute Gasteiger partial charge is 0.255 e. The summed E-state index contributed by atoms with van der Waals surface area (Å²) in [5.74, 6) is -0.998. The minimum absolute atomic E-state index is 0.115. The molecule has 1 aromatic heterocycles. The first-order valence-electron chi connectivity index (χ1n) is 12.8. The van der Waals surface area contributed by atoms with E-state index in [2.05, 4.69) is 22.5 Å². The molecule has 1 aliphatic carbocycles. The standard InChI is InChI=1S/C30H29Cl2N3O3/c1-18-15-19(16-26(36)34-18)13-14-33-29(37)27-22-9-5-6-10-23(22)30(38)35(21-7-3-2-4-8-21)28(27)24-12-11-20(31)17-25(24)32/h3,5-7,9-12,15-17,21,27-28H,2,4,8,13-14H2,1H3,(H,33,37)(H,34,36). The van der Waals surface area contributed by atoms with Crippen molar-refractivity contribution in [1.29, 1.82) is 0 Å². The topological polar surface area (TPSA) is 82.3 Å².